The lowest BCUT2D eigenvalue weighted by atomic mass is 9.75. The number of nitrogens with zero attached hydrogens (tertiary/aromatic N) is 3. The third kappa shape index (κ3) is 2.76. The summed E-state index contributed by atoms with van der Waals surface area (Å²) in [5.41, 5.74) is 8.00. The molecule has 144 valence electrons. The lowest BCUT2D eigenvalue weighted by Crippen LogP contribution is -2.44. The molecule has 2 heterocycles. The summed E-state index contributed by atoms with van der Waals surface area (Å²) in [5.74, 6) is 0.576. The Labute approximate surface area is 161 Å². The maximum Gasteiger partial charge on any atom is 0.336 e. The van der Waals surface area contributed by atoms with E-state index in [1.807, 2.05) is 24.6 Å². The van der Waals surface area contributed by atoms with E-state index in [1.54, 1.807) is 4.90 Å². The lowest BCUT2D eigenvalue weighted by molar-refractivity contribution is 0.157. The summed E-state index contributed by atoms with van der Waals surface area (Å²) in [6.45, 7) is 10.6. The van der Waals surface area contributed by atoms with Crippen LogP contribution in [-0.2, 0) is 6.42 Å². The summed E-state index contributed by atoms with van der Waals surface area (Å²) in [4.78, 5) is 17.0. The quantitative estimate of drug-likeness (QED) is 0.888. The van der Waals surface area contributed by atoms with Gasteiger partial charge in [-0.25, -0.2) is 10.2 Å². The molecule has 1 N–H and O–H groups in total. The van der Waals surface area contributed by atoms with E-state index in [0.29, 0.717) is 25.0 Å². The largest absolute Gasteiger partial charge is 0.336 e. The van der Waals surface area contributed by atoms with Gasteiger partial charge in [-0.3, -0.25) is 4.68 Å². The first-order valence-corrected chi connectivity index (χ1v) is 10.1. The molecule has 1 saturated heterocycles. The van der Waals surface area contributed by atoms with E-state index in [2.05, 4.69) is 42.2 Å². The van der Waals surface area contributed by atoms with Crippen molar-refractivity contribution in [1.29, 1.82) is 0 Å². The van der Waals surface area contributed by atoms with Crippen molar-refractivity contribution in [2.75, 3.05) is 32.1 Å². The number of likely N-dealkylation sites (N-methyl/N-ethyl adjacent to an activating group) is 1. The first kappa shape index (κ1) is 18.1. The van der Waals surface area contributed by atoms with Gasteiger partial charge in [0.15, 0.2) is 0 Å². The molecule has 5 nitrogen and oxygen atoms in total. The minimum absolute atomic E-state index is 0.0641. The number of piperidine rings is 1. The van der Waals surface area contributed by atoms with Crippen molar-refractivity contribution in [3.63, 3.8) is 0 Å². The summed E-state index contributed by atoms with van der Waals surface area (Å²) in [7, 11) is 2.24. The average molecular weight is 367 g/mol. The highest BCUT2D eigenvalue weighted by Gasteiger charge is 2.37. The molecule has 27 heavy (non-hydrogen) atoms. The molecule has 0 bridgehead atoms. The van der Waals surface area contributed by atoms with Gasteiger partial charge in [0, 0.05) is 30.4 Å². The molecule has 2 atom stereocenters. The lowest BCUT2D eigenvalue weighted by Gasteiger charge is -2.42. The van der Waals surface area contributed by atoms with Crippen LogP contribution < -0.4 is 5.43 Å². The van der Waals surface area contributed by atoms with Crippen molar-refractivity contribution in [2.24, 2.45) is 0 Å². The number of aromatic nitrogens is 1. The van der Waals surface area contributed by atoms with E-state index in [1.165, 1.54) is 29.4 Å². The molecular weight excluding hydrogens is 336 g/mol. The van der Waals surface area contributed by atoms with E-state index in [4.69, 9.17) is 0 Å². The Kier molecular flexibility index (Phi) is 4.72. The second kappa shape index (κ2) is 7.04. The summed E-state index contributed by atoms with van der Waals surface area (Å²) in [6.07, 6.45) is 5.40. The van der Waals surface area contributed by atoms with E-state index in [9.17, 15) is 4.79 Å². The first-order chi connectivity index (χ1) is 13.1. The maximum atomic E-state index is 12.7. The first-order valence-electron chi connectivity index (χ1n) is 10.1. The van der Waals surface area contributed by atoms with Crippen molar-refractivity contribution in [2.45, 2.75) is 45.1 Å². The van der Waals surface area contributed by atoms with Crippen LogP contribution in [0.5, 0.6) is 0 Å². The van der Waals surface area contributed by atoms with Crippen LogP contribution in [0.1, 0.15) is 49.4 Å². The Morgan fingerprint density at radius 2 is 2.15 bits per heavy atom. The van der Waals surface area contributed by atoms with Crippen molar-refractivity contribution >= 4 is 23.0 Å². The Morgan fingerprint density at radius 3 is 2.85 bits per heavy atom. The molecule has 1 aliphatic carbocycles. The van der Waals surface area contributed by atoms with Crippen molar-refractivity contribution < 1.29 is 4.79 Å². The van der Waals surface area contributed by atoms with Gasteiger partial charge in [0.1, 0.15) is 0 Å². The fourth-order valence-corrected chi connectivity index (χ4v) is 5.09. The number of urea groups is 1. The SMILES string of the molecule is C=Cc1c2c3c(cccc3n1NC(=O)N(CC)CC)[C@H]1CCCN(C)[C@@H]1C2. The fraction of sp³-hybridized carbons (Fsp3) is 0.500. The number of carbonyl (C=O) groups excluding carboxylic acids is 1. The molecule has 0 spiro atoms. The predicted molar refractivity (Wildman–Crippen MR) is 112 cm³/mol. The van der Waals surface area contributed by atoms with Crippen LogP contribution in [0.25, 0.3) is 17.0 Å². The monoisotopic (exact) mass is 366 g/mol. The number of benzene rings is 1. The van der Waals surface area contributed by atoms with Crippen LogP contribution in [0.4, 0.5) is 4.79 Å². The van der Waals surface area contributed by atoms with Crippen LogP contribution in [-0.4, -0.2) is 53.2 Å². The van der Waals surface area contributed by atoms with Gasteiger partial charge in [-0.2, -0.15) is 0 Å². The molecule has 0 saturated carbocycles. The Bertz CT molecular complexity index is 880. The number of hydrogen-bond donors (Lipinski definition) is 1. The number of hydrogen-bond acceptors (Lipinski definition) is 2. The highest BCUT2D eigenvalue weighted by molar-refractivity contribution is 5.95. The zero-order valence-electron chi connectivity index (χ0n) is 16.7. The average Bonchev–Trinajstić information content (AvgIpc) is 2.98. The molecule has 0 unspecified atom stereocenters. The van der Waals surface area contributed by atoms with Gasteiger partial charge in [0.25, 0.3) is 0 Å². The molecule has 0 radical (unpaired) electrons. The molecule has 4 rings (SSSR count). The zero-order valence-corrected chi connectivity index (χ0v) is 16.7. The predicted octanol–water partition coefficient (Wildman–Crippen LogP) is 4.02. The Hall–Kier alpha value is -2.27. The van der Waals surface area contributed by atoms with Crippen LogP contribution in [0.2, 0.25) is 0 Å². The van der Waals surface area contributed by atoms with Crippen molar-refractivity contribution in [1.82, 2.24) is 14.5 Å². The molecule has 2 amide bonds. The summed E-state index contributed by atoms with van der Waals surface area (Å²) >= 11 is 0. The third-order valence-electron chi connectivity index (χ3n) is 6.49. The van der Waals surface area contributed by atoms with Crippen molar-refractivity contribution in [3.8, 4) is 0 Å². The van der Waals surface area contributed by atoms with Crippen LogP contribution in [0, 0.1) is 0 Å². The van der Waals surface area contributed by atoms with Gasteiger partial charge < -0.3 is 9.80 Å². The Morgan fingerprint density at radius 1 is 1.37 bits per heavy atom. The molecule has 5 heteroatoms. The smallest absolute Gasteiger partial charge is 0.324 e. The fourth-order valence-electron chi connectivity index (χ4n) is 5.09. The minimum atomic E-state index is -0.0641. The number of carbonyl (C=O) groups is 1. The molecule has 1 fully saturated rings. The molecule has 1 aromatic heterocycles. The summed E-state index contributed by atoms with van der Waals surface area (Å²) < 4.78 is 1.96. The van der Waals surface area contributed by atoms with Gasteiger partial charge in [-0.15, -0.1) is 0 Å². The zero-order chi connectivity index (χ0) is 19.1. The summed E-state index contributed by atoms with van der Waals surface area (Å²) in [6, 6.07) is 7.00. The number of nitrogens with one attached hydrogen (secondary N) is 1. The number of fused-ring (bicyclic) bond motifs is 2. The number of amides is 2. The van der Waals surface area contributed by atoms with Gasteiger partial charge >= 0.3 is 6.03 Å². The van der Waals surface area contributed by atoms with Crippen LogP contribution in [0.15, 0.2) is 24.8 Å². The van der Waals surface area contributed by atoms with Gasteiger partial charge in [0.2, 0.25) is 0 Å². The van der Waals surface area contributed by atoms with E-state index in [0.717, 1.165) is 24.2 Å². The second-order valence-corrected chi connectivity index (χ2v) is 7.73. The normalized spacial score (nSPS) is 21.7. The highest BCUT2D eigenvalue weighted by Crippen LogP contribution is 2.45. The van der Waals surface area contributed by atoms with Gasteiger partial charge in [-0.05, 0) is 70.0 Å². The topological polar surface area (TPSA) is 40.5 Å². The molecule has 2 aliphatic rings. The van der Waals surface area contributed by atoms with Crippen LogP contribution in [0.3, 0.4) is 0 Å². The second-order valence-electron chi connectivity index (χ2n) is 7.73. The number of rotatable bonds is 4. The third-order valence-corrected chi connectivity index (χ3v) is 6.49. The van der Waals surface area contributed by atoms with E-state index >= 15 is 0 Å². The minimum Gasteiger partial charge on any atom is -0.324 e. The van der Waals surface area contributed by atoms with Crippen molar-refractivity contribution in [3.05, 3.63) is 41.6 Å². The van der Waals surface area contributed by atoms with E-state index in [-0.39, 0.29) is 6.03 Å². The molecule has 1 aliphatic heterocycles. The van der Waals surface area contributed by atoms with Gasteiger partial charge in [0.05, 0.1) is 11.2 Å². The number of likely N-dealkylation sites (tertiary alicyclic amines) is 1. The molecular formula is C22H30N4O. The van der Waals surface area contributed by atoms with Gasteiger partial charge in [-0.1, -0.05) is 18.7 Å². The molecule has 1 aromatic carbocycles. The Balaban J connectivity index is 1.85. The summed E-state index contributed by atoms with van der Waals surface area (Å²) in [5, 5.41) is 1.32. The highest BCUT2D eigenvalue weighted by atomic mass is 16.2. The van der Waals surface area contributed by atoms with E-state index < -0.39 is 0 Å². The van der Waals surface area contributed by atoms with Crippen LogP contribution >= 0.6 is 0 Å². The maximum absolute atomic E-state index is 12.7. The molecule has 2 aromatic rings. The standard InChI is InChI=1S/C22H30N4O/c1-5-18-17-14-20-15(11-9-13-24(20)4)16-10-8-12-19(21(16)17)26(18)23-22(27)25(6-2)7-3/h5,8,10,12,15,20H,1,6-7,9,11,13-14H2,2-4H3,(H,23,27)/t15-,20-/m1/s1.